The van der Waals surface area contributed by atoms with Gasteiger partial charge in [0.05, 0.1) is 18.1 Å². The predicted octanol–water partition coefficient (Wildman–Crippen LogP) is 1.85. The van der Waals surface area contributed by atoms with Gasteiger partial charge in [0.25, 0.3) is 15.9 Å². The van der Waals surface area contributed by atoms with Gasteiger partial charge in [0.2, 0.25) is 0 Å². The fraction of sp³-hybridized carbons (Fsp3) is 0.316. The van der Waals surface area contributed by atoms with Crippen LogP contribution in [0.3, 0.4) is 0 Å². The first kappa shape index (κ1) is 20.0. The van der Waals surface area contributed by atoms with E-state index in [0.29, 0.717) is 36.9 Å². The van der Waals surface area contributed by atoms with Gasteiger partial charge in [0.15, 0.2) is 18.1 Å². The van der Waals surface area contributed by atoms with Crippen molar-refractivity contribution in [3.63, 3.8) is 0 Å². The molecular formula is C19H22N2O6S. The number of hydrogen-bond donors (Lipinski definition) is 2. The highest BCUT2D eigenvalue weighted by molar-refractivity contribution is 7.89. The third-order valence-corrected chi connectivity index (χ3v) is 5.36. The summed E-state index contributed by atoms with van der Waals surface area (Å²) in [6, 6.07) is 9.90. The number of benzene rings is 2. The predicted molar refractivity (Wildman–Crippen MR) is 102 cm³/mol. The Morgan fingerprint density at radius 3 is 2.46 bits per heavy atom. The molecule has 9 heteroatoms. The highest BCUT2D eigenvalue weighted by atomic mass is 32.2. The first-order chi connectivity index (χ1) is 13.4. The Bertz CT molecular complexity index is 954. The molecule has 0 saturated carbocycles. The van der Waals surface area contributed by atoms with Crippen molar-refractivity contribution in [1.29, 1.82) is 0 Å². The van der Waals surface area contributed by atoms with Crippen molar-refractivity contribution in [3.8, 4) is 17.2 Å². The van der Waals surface area contributed by atoms with E-state index in [4.69, 9.17) is 14.2 Å². The van der Waals surface area contributed by atoms with Crippen LogP contribution >= 0.6 is 0 Å². The van der Waals surface area contributed by atoms with Crippen LogP contribution in [0, 0.1) is 13.8 Å². The summed E-state index contributed by atoms with van der Waals surface area (Å²) in [6.45, 7) is 4.36. The van der Waals surface area contributed by atoms with Gasteiger partial charge in [-0.15, -0.1) is 4.83 Å². The highest BCUT2D eigenvalue weighted by Gasteiger charge is 2.19. The highest BCUT2D eigenvalue weighted by Crippen LogP contribution is 2.31. The van der Waals surface area contributed by atoms with Crippen LogP contribution in [-0.4, -0.2) is 34.1 Å². The number of ether oxygens (including phenoxy) is 3. The SMILES string of the molecule is Cc1cccc(C)c1OCC(=O)NNS(=O)(=O)c1ccc2c(c1)OCCCO2. The summed E-state index contributed by atoms with van der Waals surface area (Å²) in [5, 5.41) is 0. The molecule has 2 aromatic carbocycles. The second kappa shape index (κ2) is 8.49. The molecule has 0 spiro atoms. The molecule has 2 N–H and O–H groups in total. The molecule has 28 heavy (non-hydrogen) atoms. The van der Waals surface area contributed by atoms with Crippen LogP contribution in [0.25, 0.3) is 0 Å². The first-order valence-electron chi connectivity index (χ1n) is 8.76. The number of carbonyl (C=O) groups is 1. The number of fused-ring (bicyclic) bond motifs is 1. The van der Waals surface area contributed by atoms with Gasteiger partial charge in [-0.05, 0) is 37.1 Å². The standard InChI is InChI=1S/C19H22N2O6S/c1-13-5-3-6-14(2)19(13)27-12-18(22)20-21-28(23,24)15-7-8-16-17(11-15)26-10-4-9-25-16/h3,5-8,11,21H,4,9-10,12H2,1-2H3,(H,20,22). The molecule has 150 valence electrons. The lowest BCUT2D eigenvalue weighted by Gasteiger charge is -2.13. The molecule has 2 aromatic rings. The number of aryl methyl sites for hydroxylation is 2. The van der Waals surface area contributed by atoms with Crippen molar-refractivity contribution in [1.82, 2.24) is 10.3 Å². The maximum atomic E-state index is 12.4. The molecule has 0 aliphatic carbocycles. The summed E-state index contributed by atoms with van der Waals surface area (Å²) in [5.74, 6) is 0.816. The summed E-state index contributed by atoms with van der Waals surface area (Å²) >= 11 is 0. The summed E-state index contributed by atoms with van der Waals surface area (Å²) in [6.07, 6.45) is 0.714. The van der Waals surface area contributed by atoms with Gasteiger partial charge in [-0.1, -0.05) is 18.2 Å². The molecule has 8 nitrogen and oxygen atoms in total. The van der Waals surface area contributed by atoms with E-state index in [1.165, 1.54) is 18.2 Å². The molecule has 0 atom stereocenters. The quantitative estimate of drug-likeness (QED) is 0.710. The van der Waals surface area contributed by atoms with Crippen molar-refractivity contribution in [2.45, 2.75) is 25.2 Å². The van der Waals surface area contributed by atoms with Crippen LogP contribution in [0.15, 0.2) is 41.3 Å². The minimum Gasteiger partial charge on any atom is -0.490 e. The molecule has 1 heterocycles. The fourth-order valence-corrected chi connectivity index (χ4v) is 3.57. The number of hydrazine groups is 1. The fourth-order valence-electron chi connectivity index (χ4n) is 2.69. The zero-order valence-corrected chi connectivity index (χ0v) is 16.5. The van der Waals surface area contributed by atoms with Crippen molar-refractivity contribution < 1.29 is 27.4 Å². The Kier molecular flexibility index (Phi) is 6.05. The van der Waals surface area contributed by atoms with E-state index in [-0.39, 0.29) is 11.5 Å². The third-order valence-electron chi connectivity index (χ3n) is 4.11. The van der Waals surface area contributed by atoms with E-state index in [1.54, 1.807) is 0 Å². The van der Waals surface area contributed by atoms with Gasteiger partial charge < -0.3 is 14.2 Å². The van der Waals surface area contributed by atoms with E-state index in [9.17, 15) is 13.2 Å². The normalized spacial score (nSPS) is 13.5. The Hall–Kier alpha value is -2.78. The maximum absolute atomic E-state index is 12.4. The third kappa shape index (κ3) is 4.73. The van der Waals surface area contributed by atoms with Gasteiger partial charge in [-0.3, -0.25) is 10.2 Å². The zero-order chi connectivity index (χ0) is 20.1. The van der Waals surface area contributed by atoms with Crippen LogP contribution in [0.1, 0.15) is 17.5 Å². The van der Waals surface area contributed by atoms with Crippen molar-refractivity contribution in [2.75, 3.05) is 19.8 Å². The number of hydrogen-bond acceptors (Lipinski definition) is 6. The number of para-hydroxylation sites is 1. The van der Waals surface area contributed by atoms with Gasteiger partial charge in [-0.2, -0.15) is 0 Å². The molecular weight excluding hydrogens is 384 g/mol. The van der Waals surface area contributed by atoms with Crippen molar-refractivity contribution in [2.24, 2.45) is 0 Å². The van der Waals surface area contributed by atoms with Gasteiger partial charge in [0.1, 0.15) is 5.75 Å². The molecule has 3 rings (SSSR count). The minimum absolute atomic E-state index is 0.0484. The van der Waals surface area contributed by atoms with Gasteiger partial charge in [-0.25, -0.2) is 8.42 Å². The Labute approximate surface area is 163 Å². The summed E-state index contributed by atoms with van der Waals surface area (Å²) in [5.41, 5.74) is 3.93. The number of carbonyl (C=O) groups excluding carboxylic acids is 1. The molecule has 1 aliphatic heterocycles. The second-order valence-electron chi connectivity index (χ2n) is 6.32. The summed E-state index contributed by atoms with van der Waals surface area (Å²) in [4.78, 5) is 14.0. The van der Waals surface area contributed by atoms with Crippen molar-refractivity contribution in [3.05, 3.63) is 47.5 Å². The Morgan fingerprint density at radius 2 is 1.75 bits per heavy atom. The molecule has 0 aromatic heterocycles. The Morgan fingerprint density at radius 1 is 1.07 bits per heavy atom. The number of amides is 1. The number of nitrogens with one attached hydrogen (secondary N) is 2. The van der Waals surface area contributed by atoms with Crippen LogP contribution in [0.4, 0.5) is 0 Å². The lowest BCUT2D eigenvalue weighted by Crippen LogP contribution is -2.43. The van der Waals surface area contributed by atoms with Crippen LogP contribution < -0.4 is 24.5 Å². The summed E-state index contributed by atoms with van der Waals surface area (Å²) < 4.78 is 41.3. The molecule has 0 radical (unpaired) electrons. The smallest absolute Gasteiger partial charge is 0.272 e. The average molecular weight is 406 g/mol. The summed E-state index contributed by atoms with van der Waals surface area (Å²) in [7, 11) is -3.97. The van der Waals surface area contributed by atoms with E-state index in [1.807, 2.05) is 32.0 Å². The lowest BCUT2D eigenvalue weighted by molar-refractivity contribution is -0.123. The van der Waals surface area contributed by atoms with Crippen LogP contribution in [0.2, 0.25) is 0 Å². The Balaban J connectivity index is 1.60. The largest absolute Gasteiger partial charge is 0.490 e. The van der Waals surface area contributed by atoms with Crippen molar-refractivity contribution >= 4 is 15.9 Å². The molecule has 0 saturated heterocycles. The van der Waals surface area contributed by atoms with Crippen LogP contribution in [0.5, 0.6) is 17.2 Å². The number of sulfonamides is 1. The minimum atomic E-state index is -3.97. The second-order valence-corrected chi connectivity index (χ2v) is 8.00. The van der Waals surface area contributed by atoms with Crippen LogP contribution in [-0.2, 0) is 14.8 Å². The van der Waals surface area contributed by atoms with Gasteiger partial charge >= 0.3 is 0 Å². The molecule has 1 aliphatic rings. The average Bonchev–Trinajstić information content (AvgIpc) is 2.91. The molecule has 0 fully saturated rings. The van der Waals surface area contributed by atoms with Gasteiger partial charge in [0, 0.05) is 12.5 Å². The topological polar surface area (TPSA) is 103 Å². The molecule has 0 bridgehead atoms. The molecule has 0 unspecified atom stereocenters. The van der Waals surface area contributed by atoms with E-state index < -0.39 is 15.9 Å². The monoisotopic (exact) mass is 406 g/mol. The first-order valence-corrected chi connectivity index (χ1v) is 10.2. The zero-order valence-electron chi connectivity index (χ0n) is 15.7. The maximum Gasteiger partial charge on any atom is 0.272 e. The van der Waals surface area contributed by atoms with E-state index in [0.717, 1.165) is 11.1 Å². The molecule has 1 amide bonds. The lowest BCUT2D eigenvalue weighted by atomic mass is 10.1. The van der Waals surface area contributed by atoms with E-state index >= 15 is 0 Å². The number of rotatable bonds is 6. The van der Waals surface area contributed by atoms with E-state index in [2.05, 4.69) is 10.3 Å².